The van der Waals surface area contributed by atoms with Crippen LogP contribution in [0.15, 0.2) is 119 Å². The van der Waals surface area contributed by atoms with E-state index in [4.69, 9.17) is 4.42 Å². The van der Waals surface area contributed by atoms with Crippen molar-refractivity contribution in [3.63, 3.8) is 0 Å². The number of para-hydroxylation sites is 2. The van der Waals surface area contributed by atoms with Crippen LogP contribution < -0.4 is 14.8 Å². The first-order valence-corrected chi connectivity index (χ1v) is 18.7. The van der Waals surface area contributed by atoms with Crippen molar-refractivity contribution < 1.29 is 17.9 Å². The molecule has 0 saturated carbocycles. The summed E-state index contributed by atoms with van der Waals surface area (Å²) in [5.41, 5.74) is 9.16. The molecule has 1 fully saturated rings. The molecule has 4 heterocycles. The van der Waals surface area contributed by atoms with Crippen LogP contribution in [-0.4, -0.2) is 50.6 Å². The van der Waals surface area contributed by atoms with Gasteiger partial charge < -0.3 is 14.4 Å². The highest BCUT2D eigenvalue weighted by molar-refractivity contribution is 7.89. The number of hydrogen-bond acceptors (Lipinski definition) is 5. The lowest BCUT2D eigenvalue weighted by molar-refractivity contribution is 0.165. The predicted octanol–water partition coefficient (Wildman–Crippen LogP) is 6.95. The van der Waals surface area contributed by atoms with Crippen LogP contribution in [0.2, 0.25) is 0 Å². The monoisotopic (exact) mass is 668 g/mol. The number of rotatable bonds is 5. The maximum atomic E-state index is 14.4. The standard InChI is InChI=1S/C41H38N3O4S/c45-27-28-8-7-21-42(26-28)49(46,47)40-14-6-3-11-35(40)41-33-17-15-31(43-22-19-29-9-1-4-12-36(29)43)24-38(33)48-39-25-32(16-18-34(39)41)44-23-20-30-10-2-5-13-37(30)44/h1-6,9-18,24-25,28,45H,7-8,19-23,26-27H2/q+1. The van der Waals surface area contributed by atoms with E-state index in [9.17, 15) is 13.5 Å². The number of aliphatic hydroxyl groups is 1. The zero-order valence-electron chi connectivity index (χ0n) is 27.3. The van der Waals surface area contributed by atoms with Gasteiger partial charge in [-0.15, -0.1) is 0 Å². The van der Waals surface area contributed by atoms with Gasteiger partial charge in [-0.25, -0.2) is 8.42 Å². The molecule has 7 nitrogen and oxygen atoms in total. The van der Waals surface area contributed by atoms with E-state index >= 15 is 0 Å². The predicted molar refractivity (Wildman–Crippen MR) is 194 cm³/mol. The molecule has 8 heteroatoms. The van der Waals surface area contributed by atoms with E-state index in [-0.39, 0.29) is 17.4 Å². The molecule has 0 amide bonds. The Labute approximate surface area is 286 Å². The van der Waals surface area contributed by atoms with Gasteiger partial charge in [-0.1, -0.05) is 54.6 Å². The molecule has 49 heavy (non-hydrogen) atoms. The van der Waals surface area contributed by atoms with Gasteiger partial charge in [0.15, 0.2) is 6.54 Å². The summed E-state index contributed by atoms with van der Waals surface area (Å²) in [5.74, 6) is 0.644. The molecule has 246 valence electrons. The Hall–Kier alpha value is -4.76. The van der Waals surface area contributed by atoms with Crippen molar-refractivity contribution in [3.05, 3.63) is 126 Å². The SMILES string of the molecule is O=S(=O)(c1ccccc1-c1c2ccc(=[N+]3CCc4ccccc43)cc-2oc2cc(N3CCc4ccccc43)ccc12)N1CCCC(CO)C1. The Kier molecular flexibility index (Phi) is 7.41. The van der Waals surface area contributed by atoms with Crippen molar-refractivity contribution in [1.82, 2.24) is 8.88 Å². The van der Waals surface area contributed by atoms with Gasteiger partial charge >= 0.3 is 0 Å². The summed E-state index contributed by atoms with van der Waals surface area (Å²) in [6.45, 7) is 2.52. The minimum Gasteiger partial charge on any atom is -0.456 e. The van der Waals surface area contributed by atoms with Crippen molar-refractivity contribution >= 4 is 38.1 Å². The normalized spacial score (nSPS) is 19.0. The van der Waals surface area contributed by atoms with Crippen molar-refractivity contribution in [2.45, 2.75) is 30.6 Å². The number of benzene rings is 5. The molecular weight excluding hydrogens is 631 g/mol. The summed E-state index contributed by atoms with van der Waals surface area (Å²) in [6.07, 6.45) is 3.52. The van der Waals surface area contributed by atoms with Crippen molar-refractivity contribution in [2.24, 2.45) is 5.92 Å². The third-order valence-electron chi connectivity index (χ3n) is 10.6. The number of piperidine rings is 1. The molecule has 4 aliphatic heterocycles. The van der Waals surface area contributed by atoms with Gasteiger partial charge in [0.05, 0.1) is 11.0 Å². The number of sulfonamides is 1. The van der Waals surface area contributed by atoms with E-state index in [1.54, 1.807) is 16.4 Å². The second kappa shape index (κ2) is 12.0. The van der Waals surface area contributed by atoms with Gasteiger partial charge in [0, 0.05) is 89.9 Å². The van der Waals surface area contributed by atoms with Gasteiger partial charge in [0.1, 0.15) is 11.3 Å². The maximum Gasteiger partial charge on any atom is 0.243 e. The summed E-state index contributed by atoms with van der Waals surface area (Å²) < 4.78 is 39.5. The second-order valence-electron chi connectivity index (χ2n) is 13.4. The fourth-order valence-corrected chi connectivity index (χ4v) is 9.89. The zero-order chi connectivity index (χ0) is 33.1. The van der Waals surface area contributed by atoms with E-state index in [0.29, 0.717) is 30.0 Å². The molecule has 0 radical (unpaired) electrons. The van der Waals surface area contributed by atoms with Crippen LogP contribution in [0, 0.1) is 5.92 Å². The fourth-order valence-electron chi connectivity index (χ4n) is 8.14. The molecule has 0 bridgehead atoms. The summed E-state index contributed by atoms with van der Waals surface area (Å²) in [5, 5.41) is 11.8. The Bertz CT molecular complexity index is 2400. The van der Waals surface area contributed by atoms with Crippen LogP contribution in [-0.2, 0) is 22.9 Å². The third-order valence-corrected chi connectivity index (χ3v) is 12.5. The molecule has 1 aliphatic carbocycles. The van der Waals surface area contributed by atoms with Crippen molar-refractivity contribution in [1.29, 1.82) is 0 Å². The number of aliphatic hydroxyl groups excluding tert-OH is 1. The van der Waals surface area contributed by atoms with E-state index in [2.05, 4.69) is 94.4 Å². The quantitative estimate of drug-likeness (QED) is 0.159. The first-order chi connectivity index (χ1) is 24.0. The van der Waals surface area contributed by atoms with Crippen LogP contribution in [0.1, 0.15) is 24.0 Å². The lowest BCUT2D eigenvalue weighted by Crippen LogP contribution is -2.41. The highest BCUT2D eigenvalue weighted by Gasteiger charge is 2.33. The topological polar surface area (TPSA) is 77.0 Å². The second-order valence-corrected chi connectivity index (χ2v) is 15.4. The summed E-state index contributed by atoms with van der Waals surface area (Å²) in [6, 6.07) is 37.0. The van der Waals surface area contributed by atoms with E-state index in [1.165, 1.54) is 22.5 Å². The third kappa shape index (κ3) is 5.09. The Balaban J connectivity index is 1.27. The first kappa shape index (κ1) is 30.3. The van der Waals surface area contributed by atoms with E-state index in [0.717, 1.165) is 66.3 Å². The zero-order valence-corrected chi connectivity index (χ0v) is 28.1. The van der Waals surface area contributed by atoms with Gasteiger partial charge in [0.2, 0.25) is 21.1 Å². The number of fused-ring (bicyclic) bond motifs is 4. The van der Waals surface area contributed by atoms with E-state index < -0.39 is 10.0 Å². The molecule has 9 rings (SSSR count). The van der Waals surface area contributed by atoms with Crippen molar-refractivity contribution in [3.8, 4) is 22.5 Å². The lowest BCUT2D eigenvalue weighted by Gasteiger charge is -2.31. The minimum absolute atomic E-state index is 0.0171. The molecule has 0 aromatic heterocycles. The number of hydrogen-bond donors (Lipinski definition) is 1. The number of nitrogens with zero attached hydrogens (tertiary/aromatic N) is 3. The molecule has 5 aliphatic rings. The summed E-state index contributed by atoms with van der Waals surface area (Å²) in [7, 11) is -3.86. The molecule has 1 atom stereocenters. The van der Waals surface area contributed by atoms with Crippen molar-refractivity contribution in [2.75, 3.05) is 37.7 Å². The van der Waals surface area contributed by atoms with Crippen LogP contribution in [0.25, 0.3) is 33.4 Å². The average Bonchev–Trinajstić information content (AvgIpc) is 3.78. The van der Waals surface area contributed by atoms with Crippen LogP contribution in [0.3, 0.4) is 0 Å². The molecular formula is C41H38N3O4S+. The van der Waals surface area contributed by atoms with Gasteiger partial charge in [-0.05, 0) is 61.1 Å². The van der Waals surface area contributed by atoms with E-state index in [1.807, 2.05) is 12.1 Å². The molecule has 1 unspecified atom stereocenters. The Morgan fingerprint density at radius 2 is 1.63 bits per heavy atom. The van der Waals surface area contributed by atoms with Crippen LogP contribution >= 0.6 is 0 Å². The summed E-state index contributed by atoms with van der Waals surface area (Å²) >= 11 is 0. The summed E-state index contributed by atoms with van der Waals surface area (Å²) in [4.78, 5) is 2.61. The van der Waals surface area contributed by atoms with Gasteiger partial charge in [-0.3, -0.25) is 0 Å². The first-order valence-electron chi connectivity index (χ1n) is 17.2. The van der Waals surface area contributed by atoms with Gasteiger partial charge in [-0.2, -0.15) is 8.88 Å². The molecule has 4 aromatic carbocycles. The molecule has 0 spiro atoms. The van der Waals surface area contributed by atoms with Crippen LogP contribution in [0.4, 0.5) is 17.1 Å². The number of anilines is 2. The Morgan fingerprint density at radius 1 is 0.816 bits per heavy atom. The Morgan fingerprint density at radius 3 is 2.53 bits per heavy atom. The maximum absolute atomic E-state index is 14.4. The highest BCUT2D eigenvalue weighted by Crippen LogP contribution is 2.45. The smallest absolute Gasteiger partial charge is 0.243 e. The molecule has 4 aromatic rings. The average molecular weight is 669 g/mol. The fraction of sp³-hybridized carbons (Fsp3) is 0.244. The highest BCUT2D eigenvalue weighted by atomic mass is 32.2. The van der Waals surface area contributed by atoms with Crippen LogP contribution in [0.5, 0.6) is 0 Å². The molecule has 1 saturated heterocycles. The largest absolute Gasteiger partial charge is 0.456 e. The van der Waals surface area contributed by atoms with Gasteiger partial charge in [0.25, 0.3) is 0 Å². The minimum atomic E-state index is -3.86. The molecule has 1 N–H and O–H groups in total. The lowest BCUT2D eigenvalue weighted by atomic mass is 9.93.